The minimum Gasteiger partial charge on any atom is -0.481 e. The summed E-state index contributed by atoms with van der Waals surface area (Å²) in [5, 5.41) is 0. The summed E-state index contributed by atoms with van der Waals surface area (Å²) in [6.45, 7) is 0.376. The van der Waals surface area contributed by atoms with E-state index in [0.29, 0.717) is 34.3 Å². The van der Waals surface area contributed by atoms with E-state index < -0.39 is 6.10 Å². The van der Waals surface area contributed by atoms with E-state index in [2.05, 4.69) is 0 Å². The monoisotopic (exact) mass is 388 g/mol. The van der Waals surface area contributed by atoms with E-state index >= 15 is 0 Å². The zero-order valence-corrected chi connectivity index (χ0v) is 15.3. The molecule has 0 N–H and O–H groups in total. The molecule has 3 aromatic carbocycles. The quantitative estimate of drug-likeness (QED) is 0.634. The molecule has 0 radical (unpaired) electrons. The van der Waals surface area contributed by atoms with Gasteiger partial charge in [-0.05, 0) is 23.8 Å². The maximum absolute atomic E-state index is 13.3. The fraction of sp³-hybridized carbons (Fsp3) is 0.174. The lowest BCUT2D eigenvalue weighted by Crippen LogP contribution is -2.30. The minimum atomic E-state index is -0.699. The summed E-state index contributed by atoms with van der Waals surface area (Å²) in [6, 6.07) is 18.6. The molecule has 0 fully saturated rings. The Kier molecular flexibility index (Phi) is 3.47. The Bertz CT molecular complexity index is 1120. The summed E-state index contributed by atoms with van der Waals surface area (Å²) < 4.78 is 28.2. The fourth-order valence-corrected chi connectivity index (χ4v) is 4.08. The van der Waals surface area contributed by atoms with Gasteiger partial charge in [0.2, 0.25) is 19.4 Å². The van der Waals surface area contributed by atoms with Gasteiger partial charge in [0.1, 0.15) is 5.75 Å². The summed E-state index contributed by atoms with van der Waals surface area (Å²) >= 11 is 0. The molecule has 0 bridgehead atoms. The van der Waals surface area contributed by atoms with Gasteiger partial charge < -0.3 is 23.7 Å². The molecule has 3 aliphatic heterocycles. The van der Waals surface area contributed by atoms with Crippen molar-refractivity contribution < 1.29 is 28.5 Å². The number of ether oxygens (including phenoxy) is 5. The number of hydrogen-bond acceptors (Lipinski definition) is 6. The van der Waals surface area contributed by atoms with Gasteiger partial charge in [0.05, 0.1) is 5.92 Å². The highest BCUT2D eigenvalue weighted by Crippen LogP contribution is 2.50. The van der Waals surface area contributed by atoms with Gasteiger partial charge in [-0.1, -0.05) is 36.4 Å². The molecule has 2 atom stereocenters. The first-order chi connectivity index (χ1) is 14.3. The molecule has 0 aromatic heterocycles. The second kappa shape index (κ2) is 6.17. The minimum absolute atomic E-state index is 0.0773. The van der Waals surface area contributed by atoms with Crippen LogP contribution in [0.25, 0.3) is 0 Å². The number of benzene rings is 3. The third kappa shape index (κ3) is 2.52. The Hall–Kier alpha value is -3.67. The van der Waals surface area contributed by atoms with Gasteiger partial charge in [0.25, 0.3) is 0 Å². The number of hydrogen-bond donors (Lipinski definition) is 0. The molecule has 6 rings (SSSR count). The Labute approximate surface area is 166 Å². The predicted molar refractivity (Wildman–Crippen MR) is 102 cm³/mol. The van der Waals surface area contributed by atoms with Crippen LogP contribution in [0.4, 0.5) is 0 Å². The van der Waals surface area contributed by atoms with Crippen LogP contribution in [-0.2, 0) is 0 Å². The van der Waals surface area contributed by atoms with Gasteiger partial charge in [-0.3, -0.25) is 4.79 Å². The number of carbonyl (C=O) groups excluding carboxylic acids is 1. The standard InChI is InChI=1S/C23H16O6/c24-22(13-4-2-1-3-5-13)23-21(14-6-7-16-18(8-14)26-11-25-16)15-9-19-20(28-12-27-19)10-17(15)29-23/h1-10,21,23H,11-12H2/t21-,23-/m1/s1. The Morgan fingerprint density at radius 2 is 1.41 bits per heavy atom. The lowest BCUT2D eigenvalue weighted by Gasteiger charge is -2.19. The molecule has 0 amide bonds. The van der Waals surface area contributed by atoms with Crippen molar-refractivity contribution in [3.63, 3.8) is 0 Å². The van der Waals surface area contributed by atoms with Crippen LogP contribution >= 0.6 is 0 Å². The van der Waals surface area contributed by atoms with Crippen molar-refractivity contribution in [1.82, 2.24) is 0 Å². The second-order valence-corrected chi connectivity index (χ2v) is 7.10. The SMILES string of the molecule is O=C(c1ccccc1)[C@@H]1Oc2cc3c(cc2[C@H]1c1ccc2c(c1)OCO2)OCO3. The maximum Gasteiger partial charge on any atom is 0.231 e. The van der Waals surface area contributed by atoms with E-state index in [1.807, 2.05) is 42.5 Å². The molecular formula is C23H16O6. The van der Waals surface area contributed by atoms with Gasteiger partial charge in [-0.25, -0.2) is 0 Å². The van der Waals surface area contributed by atoms with Gasteiger partial charge in [0, 0.05) is 17.2 Å². The van der Waals surface area contributed by atoms with Gasteiger partial charge in [-0.2, -0.15) is 0 Å². The molecule has 3 heterocycles. The van der Waals surface area contributed by atoms with Crippen molar-refractivity contribution >= 4 is 5.78 Å². The van der Waals surface area contributed by atoms with Crippen molar-refractivity contribution in [2.75, 3.05) is 13.6 Å². The highest BCUT2D eigenvalue weighted by atomic mass is 16.7. The lowest BCUT2D eigenvalue weighted by atomic mass is 9.84. The summed E-state index contributed by atoms with van der Waals surface area (Å²) in [7, 11) is 0. The molecule has 3 aliphatic rings. The van der Waals surface area contributed by atoms with E-state index in [1.54, 1.807) is 18.2 Å². The van der Waals surface area contributed by atoms with E-state index in [0.717, 1.165) is 11.1 Å². The predicted octanol–water partition coefficient (Wildman–Crippen LogP) is 3.92. The van der Waals surface area contributed by atoms with Crippen LogP contribution in [0.3, 0.4) is 0 Å². The Morgan fingerprint density at radius 1 is 0.724 bits per heavy atom. The van der Waals surface area contributed by atoms with E-state index in [-0.39, 0.29) is 25.3 Å². The molecular weight excluding hydrogens is 372 g/mol. The highest BCUT2D eigenvalue weighted by molar-refractivity contribution is 6.01. The van der Waals surface area contributed by atoms with Gasteiger partial charge in [0.15, 0.2) is 29.1 Å². The maximum atomic E-state index is 13.3. The first kappa shape index (κ1) is 16.3. The highest BCUT2D eigenvalue weighted by Gasteiger charge is 2.42. The van der Waals surface area contributed by atoms with Gasteiger partial charge >= 0.3 is 0 Å². The molecule has 29 heavy (non-hydrogen) atoms. The largest absolute Gasteiger partial charge is 0.481 e. The summed E-state index contributed by atoms with van der Waals surface area (Å²) in [4.78, 5) is 13.3. The molecule has 0 saturated heterocycles. The summed E-state index contributed by atoms with van der Waals surface area (Å²) in [6.07, 6.45) is -0.699. The number of ketones is 1. The van der Waals surface area contributed by atoms with Crippen molar-refractivity contribution in [3.8, 4) is 28.7 Å². The summed E-state index contributed by atoms with van der Waals surface area (Å²) in [5.41, 5.74) is 2.42. The zero-order valence-electron chi connectivity index (χ0n) is 15.3. The number of rotatable bonds is 3. The fourth-order valence-electron chi connectivity index (χ4n) is 4.08. The number of carbonyl (C=O) groups is 1. The van der Waals surface area contributed by atoms with Crippen molar-refractivity contribution in [1.29, 1.82) is 0 Å². The van der Waals surface area contributed by atoms with Crippen molar-refractivity contribution in [2.24, 2.45) is 0 Å². The van der Waals surface area contributed by atoms with Gasteiger partial charge in [-0.15, -0.1) is 0 Å². The number of fused-ring (bicyclic) bond motifs is 3. The Morgan fingerprint density at radius 3 is 2.21 bits per heavy atom. The molecule has 6 heteroatoms. The van der Waals surface area contributed by atoms with Crippen LogP contribution in [0.2, 0.25) is 0 Å². The van der Waals surface area contributed by atoms with Crippen LogP contribution < -0.4 is 23.7 Å². The lowest BCUT2D eigenvalue weighted by molar-refractivity contribution is 0.0806. The Balaban J connectivity index is 1.48. The van der Waals surface area contributed by atoms with E-state index in [1.165, 1.54) is 0 Å². The van der Waals surface area contributed by atoms with Crippen LogP contribution in [0.1, 0.15) is 27.4 Å². The van der Waals surface area contributed by atoms with Crippen LogP contribution in [0, 0.1) is 0 Å². The topological polar surface area (TPSA) is 63.2 Å². The molecule has 0 spiro atoms. The summed E-state index contributed by atoms with van der Waals surface area (Å²) in [5.74, 6) is 2.90. The first-order valence-electron chi connectivity index (χ1n) is 9.37. The van der Waals surface area contributed by atoms with E-state index in [9.17, 15) is 4.79 Å². The second-order valence-electron chi connectivity index (χ2n) is 7.10. The van der Waals surface area contributed by atoms with Crippen LogP contribution in [-0.4, -0.2) is 25.5 Å². The molecule has 144 valence electrons. The third-order valence-electron chi connectivity index (χ3n) is 5.47. The molecule has 3 aromatic rings. The average Bonchev–Trinajstić information content (AvgIpc) is 3.48. The zero-order chi connectivity index (χ0) is 19.4. The average molecular weight is 388 g/mol. The van der Waals surface area contributed by atoms with Crippen LogP contribution in [0.5, 0.6) is 28.7 Å². The third-order valence-corrected chi connectivity index (χ3v) is 5.47. The molecule has 0 aliphatic carbocycles. The van der Waals surface area contributed by atoms with Crippen molar-refractivity contribution in [2.45, 2.75) is 12.0 Å². The molecule has 6 nitrogen and oxygen atoms in total. The smallest absolute Gasteiger partial charge is 0.231 e. The molecule has 0 unspecified atom stereocenters. The van der Waals surface area contributed by atoms with Crippen LogP contribution in [0.15, 0.2) is 60.7 Å². The van der Waals surface area contributed by atoms with Crippen molar-refractivity contribution in [3.05, 3.63) is 77.4 Å². The van der Waals surface area contributed by atoms with E-state index in [4.69, 9.17) is 23.7 Å². The number of Topliss-reactive ketones (excluding diaryl/α,β-unsaturated/α-hetero) is 1. The normalized spacial score (nSPS) is 20.3. The first-order valence-corrected chi connectivity index (χ1v) is 9.37. The molecule has 0 saturated carbocycles.